The van der Waals surface area contributed by atoms with Crippen LogP contribution >= 0.6 is 11.6 Å². The largest absolute Gasteiger partial charge is 0.534 e. The molecule has 0 fully saturated rings. The highest BCUT2D eigenvalue weighted by Gasteiger charge is 2.48. The first-order valence-corrected chi connectivity index (χ1v) is 10.9. The van der Waals surface area contributed by atoms with Crippen molar-refractivity contribution in [3.8, 4) is 22.7 Å². The van der Waals surface area contributed by atoms with Crippen molar-refractivity contribution in [2.45, 2.75) is 5.51 Å². The number of ether oxygens (including phenoxy) is 2. The van der Waals surface area contributed by atoms with Crippen LogP contribution in [0.1, 0.15) is 20.8 Å². The highest BCUT2D eigenvalue weighted by Crippen LogP contribution is 2.36. The summed E-state index contributed by atoms with van der Waals surface area (Å²) in [6, 6.07) is 11.2. The summed E-state index contributed by atoms with van der Waals surface area (Å²) in [7, 11) is -3.81. The molecule has 0 unspecified atom stereocenters. The minimum atomic E-state index is -5.97. The molecule has 0 saturated heterocycles. The molecule has 3 aromatic rings. The maximum absolute atomic E-state index is 12.6. The molecule has 0 aliphatic rings. The Kier molecular flexibility index (Phi) is 6.89. The van der Waals surface area contributed by atoms with Gasteiger partial charge in [0, 0.05) is 5.56 Å². The average molecular weight is 519 g/mol. The second-order valence-electron chi connectivity index (χ2n) is 6.43. The van der Waals surface area contributed by atoms with Gasteiger partial charge in [0.25, 0.3) is 0 Å². The summed E-state index contributed by atoms with van der Waals surface area (Å²) in [5.41, 5.74) is -5.99. The van der Waals surface area contributed by atoms with Crippen LogP contribution in [0.3, 0.4) is 0 Å². The fourth-order valence-corrected chi connectivity index (χ4v) is 3.58. The van der Waals surface area contributed by atoms with Gasteiger partial charge in [-0.05, 0) is 30.3 Å². The minimum absolute atomic E-state index is 0.0435. The third kappa shape index (κ3) is 4.70. The Morgan fingerprint density at radius 2 is 1.62 bits per heavy atom. The van der Waals surface area contributed by atoms with Crippen LogP contribution in [0, 0.1) is 0 Å². The third-order valence-corrected chi connectivity index (χ3v) is 5.60. The molecule has 0 bridgehead atoms. The van der Waals surface area contributed by atoms with Gasteiger partial charge in [0.15, 0.2) is 11.4 Å². The lowest BCUT2D eigenvalue weighted by atomic mass is 10.1. The van der Waals surface area contributed by atoms with Crippen LogP contribution in [-0.4, -0.2) is 49.9 Å². The van der Waals surface area contributed by atoms with Crippen molar-refractivity contribution in [1.82, 2.24) is 9.78 Å². The van der Waals surface area contributed by atoms with Gasteiger partial charge in [0.1, 0.15) is 11.3 Å². The molecule has 1 heterocycles. The van der Waals surface area contributed by atoms with E-state index >= 15 is 0 Å². The zero-order valence-corrected chi connectivity index (χ0v) is 18.9. The molecule has 0 aliphatic carbocycles. The summed E-state index contributed by atoms with van der Waals surface area (Å²) in [4.78, 5) is 25.2. The van der Waals surface area contributed by atoms with E-state index in [-0.39, 0.29) is 22.5 Å². The van der Waals surface area contributed by atoms with Crippen LogP contribution in [0.5, 0.6) is 5.75 Å². The number of alkyl halides is 3. The molecule has 9 nitrogen and oxygen atoms in total. The maximum Gasteiger partial charge on any atom is 0.534 e. The first-order valence-electron chi connectivity index (χ1n) is 9.07. The van der Waals surface area contributed by atoms with E-state index in [2.05, 4.69) is 9.28 Å². The van der Waals surface area contributed by atoms with E-state index in [0.29, 0.717) is 5.69 Å². The molecule has 0 radical (unpaired) electrons. The fraction of sp³-hybridized carbons (Fsp3) is 0.150. The fourth-order valence-electron chi connectivity index (χ4n) is 2.84. The van der Waals surface area contributed by atoms with Crippen molar-refractivity contribution in [1.29, 1.82) is 0 Å². The minimum Gasteiger partial charge on any atom is -0.465 e. The molecule has 0 aliphatic heterocycles. The number of esters is 2. The number of methoxy groups -OCH3 is 2. The number of carbonyl (C=O) groups excluding carboxylic acids is 2. The number of hydrogen-bond acceptors (Lipinski definition) is 8. The van der Waals surface area contributed by atoms with Crippen molar-refractivity contribution in [3.05, 3.63) is 64.8 Å². The van der Waals surface area contributed by atoms with Crippen LogP contribution in [0.4, 0.5) is 13.2 Å². The monoisotopic (exact) mass is 518 g/mol. The second kappa shape index (κ2) is 9.35. The average Bonchev–Trinajstić information content (AvgIpc) is 3.19. The first kappa shape index (κ1) is 25.1. The lowest BCUT2D eigenvalue weighted by Gasteiger charge is -2.11. The summed E-state index contributed by atoms with van der Waals surface area (Å²) in [6.45, 7) is 0. The zero-order chi connectivity index (χ0) is 25.3. The molecule has 0 atom stereocenters. The predicted octanol–water partition coefficient (Wildman–Crippen LogP) is 3.99. The first-order chi connectivity index (χ1) is 15.9. The molecule has 34 heavy (non-hydrogen) atoms. The summed E-state index contributed by atoms with van der Waals surface area (Å²) < 4.78 is 75.2. The number of aromatic nitrogens is 2. The van der Waals surface area contributed by atoms with Gasteiger partial charge in [-0.25, -0.2) is 14.3 Å². The van der Waals surface area contributed by atoms with Gasteiger partial charge < -0.3 is 13.7 Å². The summed E-state index contributed by atoms with van der Waals surface area (Å²) >= 11 is 5.96. The second-order valence-corrected chi connectivity index (χ2v) is 8.38. The number of hydrogen-bond donors (Lipinski definition) is 0. The van der Waals surface area contributed by atoms with Crippen molar-refractivity contribution in [2.24, 2.45) is 0 Å². The van der Waals surface area contributed by atoms with Crippen LogP contribution in [0.25, 0.3) is 16.9 Å². The van der Waals surface area contributed by atoms with Crippen molar-refractivity contribution >= 4 is 33.7 Å². The van der Waals surface area contributed by atoms with Crippen LogP contribution in [-0.2, 0) is 19.6 Å². The van der Waals surface area contributed by atoms with E-state index in [0.717, 1.165) is 37.1 Å². The Morgan fingerprint density at radius 3 is 2.15 bits per heavy atom. The Morgan fingerprint density at radius 1 is 1.00 bits per heavy atom. The molecule has 14 heteroatoms. The van der Waals surface area contributed by atoms with Crippen LogP contribution in [0.2, 0.25) is 5.02 Å². The van der Waals surface area contributed by atoms with Crippen molar-refractivity contribution in [2.75, 3.05) is 14.2 Å². The normalized spacial score (nSPS) is 11.7. The Hall–Kier alpha value is -3.58. The molecule has 180 valence electrons. The molecular formula is C20H14ClF3N2O7S. The highest BCUT2D eigenvalue weighted by molar-refractivity contribution is 7.88. The topological polar surface area (TPSA) is 114 Å². The Bertz CT molecular complexity index is 1360. The van der Waals surface area contributed by atoms with Gasteiger partial charge in [-0.3, -0.25) is 0 Å². The van der Waals surface area contributed by atoms with Crippen LogP contribution in [0.15, 0.2) is 48.5 Å². The van der Waals surface area contributed by atoms with Crippen molar-refractivity contribution in [3.63, 3.8) is 0 Å². The molecule has 0 N–H and O–H groups in total. The number of nitrogens with zero attached hydrogens (tertiary/aromatic N) is 2. The third-order valence-electron chi connectivity index (χ3n) is 4.34. The zero-order valence-electron chi connectivity index (χ0n) is 17.3. The number of halogens is 4. The molecular weight excluding hydrogens is 505 g/mol. The molecule has 2 aromatic carbocycles. The Balaban J connectivity index is 2.22. The molecule has 3 rings (SSSR count). The molecule has 0 saturated carbocycles. The van der Waals surface area contributed by atoms with Gasteiger partial charge >= 0.3 is 27.6 Å². The summed E-state index contributed by atoms with van der Waals surface area (Å²) in [5.74, 6) is -2.70. The van der Waals surface area contributed by atoms with Crippen LogP contribution < -0.4 is 4.18 Å². The quantitative estimate of drug-likeness (QED) is 0.273. The van der Waals surface area contributed by atoms with E-state index in [9.17, 15) is 31.2 Å². The summed E-state index contributed by atoms with van der Waals surface area (Å²) in [5, 5.41) is 3.76. The van der Waals surface area contributed by atoms with Gasteiger partial charge in [-0.2, -0.15) is 26.7 Å². The van der Waals surface area contributed by atoms with Gasteiger partial charge in [-0.15, -0.1) is 0 Å². The summed E-state index contributed by atoms with van der Waals surface area (Å²) in [6.07, 6.45) is 0. The van der Waals surface area contributed by atoms with Crippen molar-refractivity contribution < 1.29 is 44.8 Å². The molecule has 1 aromatic heterocycles. The van der Waals surface area contributed by atoms with E-state index in [1.807, 2.05) is 0 Å². The molecule has 0 spiro atoms. The SMILES string of the molecule is COC(=O)c1c(-c2ccc(OS(=O)(=O)C(F)(F)F)c(Cl)c2)nn(-c2ccccc2)c1C(=O)OC. The molecule has 0 amide bonds. The number of rotatable bonds is 6. The Labute approximate surface area is 195 Å². The van der Waals surface area contributed by atoms with E-state index in [1.165, 1.54) is 0 Å². The highest BCUT2D eigenvalue weighted by atomic mass is 35.5. The van der Waals surface area contributed by atoms with E-state index in [1.54, 1.807) is 30.3 Å². The standard InChI is InChI=1S/C20H14ClF3N2O7S/c1-31-18(27)15-16(25-26(17(15)19(28)32-2)12-6-4-3-5-7-12)11-8-9-14(13(21)10-11)33-34(29,30)20(22,23)24/h3-10H,1-2H3. The number of carbonyl (C=O) groups is 2. The lowest BCUT2D eigenvalue weighted by Crippen LogP contribution is -2.28. The predicted molar refractivity (Wildman–Crippen MR) is 112 cm³/mol. The number of para-hydroxylation sites is 1. The van der Waals surface area contributed by atoms with Gasteiger partial charge in [-0.1, -0.05) is 29.8 Å². The van der Waals surface area contributed by atoms with Gasteiger partial charge in [0.05, 0.1) is 24.9 Å². The smallest absolute Gasteiger partial charge is 0.465 e. The van der Waals surface area contributed by atoms with Gasteiger partial charge in [0.2, 0.25) is 0 Å². The lowest BCUT2D eigenvalue weighted by molar-refractivity contribution is -0.0500. The maximum atomic E-state index is 12.6. The van der Waals surface area contributed by atoms with E-state index < -0.39 is 38.3 Å². The van der Waals surface area contributed by atoms with E-state index in [4.69, 9.17) is 21.1 Å². The number of benzene rings is 2.